The molecule has 1 amide bonds. The maximum atomic E-state index is 13.0. The number of ether oxygens (including phenoxy) is 1. The molecule has 1 fully saturated rings. The quantitative estimate of drug-likeness (QED) is 0.845. The Kier molecular flexibility index (Phi) is 4.41. The maximum Gasteiger partial charge on any atom is 0.247 e. The van der Waals surface area contributed by atoms with Crippen LogP contribution < -0.4 is 10.6 Å². The molecule has 2 aliphatic heterocycles. The van der Waals surface area contributed by atoms with Crippen molar-refractivity contribution < 1.29 is 17.9 Å². The predicted molar refractivity (Wildman–Crippen MR) is 90.3 cm³/mol. The van der Waals surface area contributed by atoms with Crippen molar-refractivity contribution >= 4 is 21.6 Å². The van der Waals surface area contributed by atoms with Gasteiger partial charge in [0, 0.05) is 39.5 Å². The molecule has 7 nitrogen and oxygen atoms in total. The molecule has 0 unspecified atom stereocenters. The Morgan fingerprint density at radius 2 is 1.96 bits per heavy atom. The molecule has 1 aromatic rings. The van der Waals surface area contributed by atoms with Crippen LogP contribution in [-0.4, -0.2) is 58.0 Å². The first-order valence-electron chi connectivity index (χ1n) is 8.00. The lowest BCUT2D eigenvalue weighted by molar-refractivity contribution is -0.126. The number of benzene rings is 1. The highest BCUT2D eigenvalue weighted by atomic mass is 32.2. The summed E-state index contributed by atoms with van der Waals surface area (Å²) in [5.41, 5.74) is 7.00. The Morgan fingerprint density at radius 3 is 2.58 bits per heavy atom. The molecule has 1 aromatic carbocycles. The van der Waals surface area contributed by atoms with Crippen molar-refractivity contribution in [2.24, 2.45) is 5.73 Å². The Morgan fingerprint density at radius 1 is 1.29 bits per heavy atom. The zero-order valence-electron chi connectivity index (χ0n) is 14.0. The largest absolute Gasteiger partial charge is 0.381 e. The van der Waals surface area contributed by atoms with Crippen LogP contribution in [0.25, 0.3) is 0 Å². The van der Waals surface area contributed by atoms with Crippen LogP contribution in [-0.2, 0) is 26.0 Å². The van der Waals surface area contributed by atoms with E-state index in [4.69, 9.17) is 10.5 Å². The monoisotopic (exact) mass is 353 g/mol. The smallest absolute Gasteiger partial charge is 0.247 e. The number of nitrogens with two attached hydrogens (primary N) is 1. The molecule has 0 aliphatic carbocycles. The SMILES string of the molecule is CN(C)S(=O)(=O)c1ccc2c(c1)N(C(=O)C1(N)CCOCC1)CC2. The van der Waals surface area contributed by atoms with Gasteiger partial charge in [0.25, 0.3) is 0 Å². The van der Waals surface area contributed by atoms with Crippen molar-refractivity contribution in [2.45, 2.75) is 29.7 Å². The van der Waals surface area contributed by atoms with Gasteiger partial charge in [-0.05, 0) is 37.0 Å². The number of rotatable bonds is 3. The summed E-state index contributed by atoms with van der Waals surface area (Å²) >= 11 is 0. The van der Waals surface area contributed by atoms with Gasteiger partial charge in [-0.2, -0.15) is 0 Å². The molecule has 0 radical (unpaired) electrons. The lowest BCUT2D eigenvalue weighted by Gasteiger charge is -2.35. The van der Waals surface area contributed by atoms with E-state index in [0.29, 0.717) is 44.7 Å². The third kappa shape index (κ3) is 2.83. The van der Waals surface area contributed by atoms with Crippen molar-refractivity contribution in [1.29, 1.82) is 0 Å². The van der Waals surface area contributed by atoms with Gasteiger partial charge in [-0.15, -0.1) is 0 Å². The lowest BCUT2D eigenvalue weighted by Crippen LogP contribution is -2.58. The summed E-state index contributed by atoms with van der Waals surface area (Å²) in [5, 5.41) is 0. The Labute approximate surface area is 142 Å². The highest BCUT2D eigenvalue weighted by Gasteiger charge is 2.41. The highest BCUT2D eigenvalue weighted by Crippen LogP contribution is 2.34. The molecular formula is C16H23N3O4S. The van der Waals surface area contributed by atoms with Crippen LogP contribution >= 0.6 is 0 Å². The van der Waals surface area contributed by atoms with E-state index < -0.39 is 15.6 Å². The summed E-state index contributed by atoms with van der Waals surface area (Å²) in [5.74, 6) is -0.149. The van der Waals surface area contributed by atoms with Gasteiger partial charge in [-0.1, -0.05) is 6.07 Å². The minimum absolute atomic E-state index is 0.149. The number of nitrogens with zero attached hydrogens (tertiary/aromatic N) is 2. The summed E-state index contributed by atoms with van der Waals surface area (Å²) in [6.45, 7) is 1.47. The lowest BCUT2D eigenvalue weighted by atomic mass is 9.89. The van der Waals surface area contributed by atoms with Gasteiger partial charge in [0.15, 0.2) is 0 Å². The van der Waals surface area contributed by atoms with Crippen LogP contribution in [0.4, 0.5) is 5.69 Å². The van der Waals surface area contributed by atoms with Crippen LogP contribution in [0.1, 0.15) is 18.4 Å². The third-order valence-corrected chi connectivity index (χ3v) is 6.60. The molecule has 2 heterocycles. The van der Waals surface area contributed by atoms with E-state index in [9.17, 15) is 13.2 Å². The van der Waals surface area contributed by atoms with Gasteiger partial charge in [-0.3, -0.25) is 4.79 Å². The van der Waals surface area contributed by atoms with Crippen molar-refractivity contribution in [3.63, 3.8) is 0 Å². The summed E-state index contributed by atoms with van der Waals surface area (Å²) in [7, 11) is -0.567. The first-order chi connectivity index (χ1) is 11.3. The number of fused-ring (bicyclic) bond motifs is 1. The third-order valence-electron chi connectivity index (χ3n) is 4.79. The molecule has 3 rings (SSSR count). The fourth-order valence-electron chi connectivity index (χ4n) is 3.16. The molecule has 0 bridgehead atoms. The second-order valence-electron chi connectivity index (χ2n) is 6.55. The van der Waals surface area contributed by atoms with Gasteiger partial charge in [-0.25, -0.2) is 12.7 Å². The molecule has 0 saturated carbocycles. The van der Waals surface area contributed by atoms with E-state index in [2.05, 4.69) is 0 Å². The first-order valence-corrected chi connectivity index (χ1v) is 9.44. The number of sulfonamides is 1. The number of carbonyl (C=O) groups excluding carboxylic acids is 1. The number of amides is 1. The number of hydrogen-bond donors (Lipinski definition) is 1. The van der Waals surface area contributed by atoms with Crippen LogP contribution in [0, 0.1) is 0 Å². The molecule has 0 aromatic heterocycles. The standard InChI is InChI=1S/C16H23N3O4S/c1-18(2)24(21,22)13-4-3-12-5-8-19(14(12)11-13)15(20)16(17)6-9-23-10-7-16/h3-4,11H,5-10,17H2,1-2H3. The molecule has 0 spiro atoms. The van der Waals surface area contributed by atoms with E-state index in [-0.39, 0.29) is 10.8 Å². The van der Waals surface area contributed by atoms with Crippen LogP contribution in [0.15, 0.2) is 23.1 Å². The summed E-state index contributed by atoms with van der Waals surface area (Å²) in [6, 6.07) is 4.96. The summed E-state index contributed by atoms with van der Waals surface area (Å²) in [4.78, 5) is 14.8. The molecule has 0 atom stereocenters. The van der Waals surface area contributed by atoms with Crippen molar-refractivity contribution in [3.05, 3.63) is 23.8 Å². The van der Waals surface area contributed by atoms with Gasteiger partial charge < -0.3 is 15.4 Å². The van der Waals surface area contributed by atoms with E-state index in [1.54, 1.807) is 23.1 Å². The minimum Gasteiger partial charge on any atom is -0.381 e. The number of carbonyl (C=O) groups is 1. The van der Waals surface area contributed by atoms with Gasteiger partial charge in [0.1, 0.15) is 5.54 Å². The Balaban J connectivity index is 1.95. The molecule has 1 saturated heterocycles. The fourth-order valence-corrected chi connectivity index (χ4v) is 4.08. The van der Waals surface area contributed by atoms with E-state index in [1.807, 2.05) is 0 Å². The molecule has 2 N–H and O–H groups in total. The molecular weight excluding hydrogens is 330 g/mol. The molecule has 132 valence electrons. The zero-order chi connectivity index (χ0) is 17.5. The predicted octanol–water partition coefficient (Wildman–Crippen LogP) is 0.334. The van der Waals surface area contributed by atoms with Crippen molar-refractivity contribution in [3.8, 4) is 0 Å². The van der Waals surface area contributed by atoms with Gasteiger partial charge >= 0.3 is 0 Å². The summed E-state index contributed by atoms with van der Waals surface area (Å²) in [6.07, 6.45) is 1.66. The molecule has 8 heteroatoms. The van der Waals surface area contributed by atoms with E-state index in [1.165, 1.54) is 18.4 Å². The highest BCUT2D eigenvalue weighted by molar-refractivity contribution is 7.89. The molecule has 2 aliphatic rings. The Bertz CT molecular complexity index is 755. The van der Waals surface area contributed by atoms with Gasteiger partial charge in [0.2, 0.25) is 15.9 Å². The second-order valence-corrected chi connectivity index (χ2v) is 8.71. The van der Waals surface area contributed by atoms with E-state index >= 15 is 0 Å². The van der Waals surface area contributed by atoms with E-state index in [0.717, 1.165) is 5.56 Å². The van der Waals surface area contributed by atoms with Crippen LogP contribution in [0.5, 0.6) is 0 Å². The van der Waals surface area contributed by atoms with Crippen LogP contribution in [0.3, 0.4) is 0 Å². The zero-order valence-corrected chi connectivity index (χ0v) is 14.8. The first kappa shape index (κ1) is 17.3. The maximum absolute atomic E-state index is 13.0. The van der Waals surface area contributed by atoms with Gasteiger partial charge in [0.05, 0.1) is 4.90 Å². The normalized spacial score (nSPS) is 20.2. The van der Waals surface area contributed by atoms with Crippen molar-refractivity contribution in [2.75, 3.05) is 38.8 Å². The average Bonchev–Trinajstić information content (AvgIpc) is 2.97. The molecule has 24 heavy (non-hydrogen) atoms. The fraction of sp³-hybridized carbons (Fsp3) is 0.562. The number of anilines is 1. The average molecular weight is 353 g/mol. The number of hydrogen-bond acceptors (Lipinski definition) is 5. The second kappa shape index (κ2) is 6.11. The topological polar surface area (TPSA) is 92.9 Å². The van der Waals surface area contributed by atoms with Crippen LogP contribution in [0.2, 0.25) is 0 Å². The minimum atomic E-state index is -3.54. The van der Waals surface area contributed by atoms with Crippen molar-refractivity contribution in [1.82, 2.24) is 4.31 Å². The summed E-state index contributed by atoms with van der Waals surface area (Å²) < 4.78 is 31.2. The Hall–Kier alpha value is -1.48.